The van der Waals surface area contributed by atoms with Gasteiger partial charge in [-0.15, -0.1) is 0 Å². The lowest BCUT2D eigenvalue weighted by Crippen LogP contribution is -2.45. The predicted octanol–water partition coefficient (Wildman–Crippen LogP) is 0.648. The highest BCUT2D eigenvalue weighted by atomic mass is 16.1. The molecular weight excluding hydrogens is 264 g/mol. The van der Waals surface area contributed by atoms with Crippen LogP contribution in [0.4, 0.5) is 0 Å². The number of likely N-dealkylation sites (N-methyl/N-ethyl adjacent to an activating group) is 1. The smallest absolute Gasteiger partial charge is 0.224 e. The van der Waals surface area contributed by atoms with Crippen molar-refractivity contribution in [1.82, 2.24) is 15.1 Å². The Morgan fingerprint density at radius 1 is 1.14 bits per heavy atom. The van der Waals surface area contributed by atoms with Gasteiger partial charge in [-0.3, -0.25) is 4.79 Å². The summed E-state index contributed by atoms with van der Waals surface area (Å²) < 4.78 is 0. The van der Waals surface area contributed by atoms with Gasteiger partial charge in [-0.25, -0.2) is 0 Å². The molecule has 1 saturated carbocycles. The molecule has 21 heavy (non-hydrogen) atoms. The van der Waals surface area contributed by atoms with Crippen LogP contribution in [-0.2, 0) is 4.79 Å². The third kappa shape index (κ3) is 5.57. The number of nitrogens with zero attached hydrogens (tertiary/aromatic N) is 2. The minimum Gasteiger partial charge on any atom is -0.356 e. The van der Waals surface area contributed by atoms with Crippen molar-refractivity contribution in [2.75, 3.05) is 46.3 Å². The van der Waals surface area contributed by atoms with E-state index in [0.717, 1.165) is 65.0 Å². The average molecular weight is 296 g/mol. The van der Waals surface area contributed by atoms with Crippen LogP contribution in [0.2, 0.25) is 0 Å². The summed E-state index contributed by atoms with van der Waals surface area (Å²) in [7, 11) is 2.17. The first-order chi connectivity index (χ1) is 10.2. The summed E-state index contributed by atoms with van der Waals surface area (Å²) in [5.41, 5.74) is 6.14. The number of hydrogen-bond donors (Lipinski definition) is 2. The summed E-state index contributed by atoms with van der Waals surface area (Å²) in [4.78, 5) is 17.1. The molecule has 2 unspecified atom stereocenters. The minimum absolute atomic E-state index is 0.0381. The first kappa shape index (κ1) is 16.7. The first-order valence-corrected chi connectivity index (χ1v) is 8.61. The summed E-state index contributed by atoms with van der Waals surface area (Å²) in [6, 6.07) is 0.0603. The maximum atomic E-state index is 12.2. The van der Waals surface area contributed by atoms with Crippen molar-refractivity contribution in [2.24, 2.45) is 11.7 Å². The van der Waals surface area contributed by atoms with E-state index >= 15 is 0 Å². The number of piperazine rings is 1. The maximum Gasteiger partial charge on any atom is 0.224 e. The van der Waals surface area contributed by atoms with Gasteiger partial charge in [-0.1, -0.05) is 19.3 Å². The fourth-order valence-electron chi connectivity index (χ4n) is 3.38. The van der Waals surface area contributed by atoms with Crippen molar-refractivity contribution in [3.8, 4) is 0 Å². The fraction of sp³-hybridized carbons (Fsp3) is 0.938. The zero-order valence-corrected chi connectivity index (χ0v) is 13.5. The van der Waals surface area contributed by atoms with Crippen LogP contribution in [0.1, 0.15) is 38.5 Å². The van der Waals surface area contributed by atoms with E-state index in [2.05, 4.69) is 22.2 Å². The molecule has 122 valence electrons. The normalized spacial score (nSPS) is 29.0. The Morgan fingerprint density at radius 3 is 2.62 bits per heavy atom. The molecule has 0 aromatic heterocycles. The number of hydrogen-bond acceptors (Lipinski definition) is 4. The lowest BCUT2D eigenvalue weighted by atomic mass is 9.94. The largest absolute Gasteiger partial charge is 0.356 e. The molecule has 2 aliphatic rings. The van der Waals surface area contributed by atoms with Crippen molar-refractivity contribution in [3.63, 3.8) is 0 Å². The number of carbonyl (C=O) groups is 1. The molecule has 5 heteroatoms. The summed E-state index contributed by atoms with van der Waals surface area (Å²) >= 11 is 0. The Hall–Kier alpha value is -0.650. The third-order valence-corrected chi connectivity index (χ3v) is 4.95. The second-order valence-corrected chi connectivity index (χ2v) is 6.70. The monoisotopic (exact) mass is 296 g/mol. The van der Waals surface area contributed by atoms with Crippen LogP contribution >= 0.6 is 0 Å². The lowest BCUT2D eigenvalue weighted by Gasteiger charge is -2.32. The van der Waals surface area contributed by atoms with Crippen LogP contribution in [0.5, 0.6) is 0 Å². The molecule has 0 radical (unpaired) electrons. The lowest BCUT2D eigenvalue weighted by molar-refractivity contribution is -0.125. The topological polar surface area (TPSA) is 61.6 Å². The fourth-order valence-corrected chi connectivity index (χ4v) is 3.38. The van der Waals surface area contributed by atoms with Crippen molar-refractivity contribution in [3.05, 3.63) is 0 Å². The number of amides is 1. The van der Waals surface area contributed by atoms with Gasteiger partial charge in [0.2, 0.25) is 5.91 Å². The molecule has 1 amide bonds. The summed E-state index contributed by atoms with van der Waals surface area (Å²) in [6.07, 6.45) is 6.55. The molecule has 1 heterocycles. The van der Waals surface area contributed by atoms with Gasteiger partial charge < -0.3 is 20.9 Å². The highest BCUT2D eigenvalue weighted by Crippen LogP contribution is 2.22. The predicted molar refractivity (Wildman–Crippen MR) is 86.1 cm³/mol. The molecule has 0 aromatic rings. The first-order valence-electron chi connectivity index (χ1n) is 8.61. The molecule has 1 aliphatic heterocycles. The van der Waals surface area contributed by atoms with Gasteiger partial charge in [0.25, 0.3) is 0 Å². The standard InChI is InChI=1S/C16H32N4O/c1-19-10-12-20(13-11-19)9-5-8-18-16(21)14-6-3-2-4-7-15(14)17/h14-15H,2-13,17H2,1H3,(H,18,21). The van der Waals surface area contributed by atoms with Gasteiger partial charge in [-0.05, 0) is 32.9 Å². The molecule has 2 rings (SSSR count). The summed E-state index contributed by atoms with van der Waals surface area (Å²) in [5.74, 6) is 0.221. The quantitative estimate of drug-likeness (QED) is 0.577. The van der Waals surface area contributed by atoms with Gasteiger partial charge in [0.1, 0.15) is 0 Å². The molecule has 0 bridgehead atoms. The van der Waals surface area contributed by atoms with Gasteiger partial charge in [-0.2, -0.15) is 0 Å². The minimum atomic E-state index is 0.0381. The van der Waals surface area contributed by atoms with Gasteiger partial charge >= 0.3 is 0 Å². The Bertz CT molecular complexity index is 315. The van der Waals surface area contributed by atoms with E-state index in [1.54, 1.807) is 0 Å². The van der Waals surface area contributed by atoms with Gasteiger partial charge in [0.15, 0.2) is 0 Å². The van der Waals surface area contributed by atoms with E-state index in [1.807, 2.05) is 0 Å². The van der Waals surface area contributed by atoms with Crippen molar-refractivity contribution < 1.29 is 4.79 Å². The zero-order valence-electron chi connectivity index (χ0n) is 13.5. The Balaban J connectivity index is 1.60. The highest BCUT2D eigenvalue weighted by Gasteiger charge is 2.26. The molecule has 5 nitrogen and oxygen atoms in total. The molecular formula is C16H32N4O. The molecule has 0 spiro atoms. The number of nitrogens with one attached hydrogen (secondary N) is 1. The van der Waals surface area contributed by atoms with E-state index in [1.165, 1.54) is 12.8 Å². The molecule has 3 N–H and O–H groups in total. The van der Waals surface area contributed by atoms with E-state index in [9.17, 15) is 4.79 Å². The number of rotatable bonds is 5. The Morgan fingerprint density at radius 2 is 1.86 bits per heavy atom. The highest BCUT2D eigenvalue weighted by molar-refractivity contribution is 5.79. The molecule has 2 fully saturated rings. The van der Waals surface area contributed by atoms with E-state index < -0.39 is 0 Å². The second kappa shape index (κ2) is 8.71. The zero-order chi connectivity index (χ0) is 15.1. The summed E-state index contributed by atoms with van der Waals surface area (Å²) in [6.45, 7) is 6.49. The van der Waals surface area contributed by atoms with Crippen LogP contribution in [0.15, 0.2) is 0 Å². The van der Waals surface area contributed by atoms with Gasteiger partial charge in [0.05, 0.1) is 5.92 Å². The molecule has 1 aliphatic carbocycles. The van der Waals surface area contributed by atoms with Crippen LogP contribution in [0.3, 0.4) is 0 Å². The van der Waals surface area contributed by atoms with Crippen molar-refractivity contribution in [2.45, 2.75) is 44.6 Å². The molecule has 0 aromatic carbocycles. The Kier molecular flexibility index (Phi) is 6.93. The average Bonchev–Trinajstić information content (AvgIpc) is 2.70. The summed E-state index contributed by atoms with van der Waals surface area (Å²) in [5, 5.41) is 3.10. The van der Waals surface area contributed by atoms with Crippen LogP contribution in [0, 0.1) is 5.92 Å². The van der Waals surface area contributed by atoms with Crippen LogP contribution < -0.4 is 11.1 Å². The maximum absolute atomic E-state index is 12.2. The van der Waals surface area contributed by atoms with E-state index in [0.29, 0.717) is 0 Å². The molecule has 2 atom stereocenters. The number of carbonyl (C=O) groups excluding carboxylic acids is 1. The van der Waals surface area contributed by atoms with Crippen LogP contribution in [-0.4, -0.2) is 68.1 Å². The second-order valence-electron chi connectivity index (χ2n) is 6.70. The van der Waals surface area contributed by atoms with Crippen LogP contribution in [0.25, 0.3) is 0 Å². The molecule has 1 saturated heterocycles. The Labute approximate surface area is 129 Å². The third-order valence-electron chi connectivity index (χ3n) is 4.95. The van der Waals surface area contributed by atoms with Gasteiger partial charge in [0, 0.05) is 38.8 Å². The van der Waals surface area contributed by atoms with E-state index in [4.69, 9.17) is 5.73 Å². The van der Waals surface area contributed by atoms with E-state index in [-0.39, 0.29) is 17.9 Å². The SMILES string of the molecule is CN1CCN(CCCNC(=O)C2CCCCCC2N)CC1. The van der Waals surface area contributed by atoms with Crippen molar-refractivity contribution in [1.29, 1.82) is 0 Å². The number of nitrogens with two attached hydrogens (primary N) is 1. The van der Waals surface area contributed by atoms with Crippen molar-refractivity contribution >= 4 is 5.91 Å².